The molecule has 140 valence electrons. The minimum absolute atomic E-state index is 0.00462. The number of rotatable bonds is 3. The van der Waals surface area contributed by atoms with Gasteiger partial charge < -0.3 is 15.2 Å². The molecule has 28 heavy (non-hydrogen) atoms. The molecule has 0 unspecified atom stereocenters. The summed E-state index contributed by atoms with van der Waals surface area (Å²) in [4.78, 5) is 14.6. The van der Waals surface area contributed by atoms with Crippen molar-refractivity contribution in [3.05, 3.63) is 65.3 Å². The molecule has 3 heterocycles. The van der Waals surface area contributed by atoms with E-state index in [0.29, 0.717) is 34.7 Å². The third-order valence-electron chi connectivity index (χ3n) is 4.55. The standard InChI is InChI=1S/C19H15F2N7/c1-27-6-5-11(7-12(27)8-22)16-17-18(26-19(23)25-16)28(10-24-17)9-13-14(20)3-2-4-15(13)21/h2-5,7,10H,6,9H2,1H3,(H2,23,25,26). The number of anilines is 1. The molecule has 2 aromatic heterocycles. The van der Waals surface area contributed by atoms with Gasteiger partial charge in [0.15, 0.2) is 5.65 Å². The highest BCUT2D eigenvalue weighted by molar-refractivity contribution is 5.90. The summed E-state index contributed by atoms with van der Waals surface area (Å²) in [5.41, 5.74) is 8.22. The van der Waals surface area contributed by atoms with Crippen LogP contribution in [0.4, 0.5) is 14.7 Å². The van der Waals surface area contributed by atoms with E-state index in [-0.39, 0.29) is 18.1 Å². The monoisotopic (exact) mass is 379 g/mol. The van der Waals surface area contributed by atoms with E-state index in [1.165, 1.54) is 29.1 Å². The maximum atomic E-state index is 14.0. The number of hydrogen-bond donors (Lipinski definition) is 1. The Morgan fingerprint density at radius 2 is 2.00 bits per heavy atom. The van der Waals surface area contributed by atoms with E-state index in [4.69, 9.17) is 5.73 Å². The molecule has 7 nitrogen and oxygen atoms in total. The summed E-state index contributed by atoms with van der Waals surface area (Å²) in [5.74, 6) is -1.29. The van der Waals surface area contributed by atoms with E-state index in [9.17, 15) is 14.0 Å². The molecular weight excluding hydrogens is 364 g/mol. The second-order valence-electron chi connectivity index (χ2n) is 6.36. The fourth-order valence-corrected chi connectivity index (χ4v) is 3.06. The highest BCUT2D eigenvalue weighted by Crippen LogP contribution is 2.27. The van der Waals surface area contributed by atoms with Gasteiger partial charge in [-0.3, -0.25) is 0 Å². The molecule has 1 aliphatic heterocycles. The van der Waals surface area contributed by atoms with Gasteiger partial charge in [0.2, 0.25) is 5.95 Å². The summed E-state index contributed by atoms with van der Waals surface area (Å²) in [7, 11) is 1.81. The number of aromatic nitrogens is 4. The topological polar surface area (TPSA) is 96.7 Å². The van der Waals surface area contributed by atoms with Crippen LogP contribution >= 0.6 is 0 Å². The molecule has 2 N–H and O–H groups in total. The highest BCUT2D eigenvalue weighted by Gasteiger charge is 2.19. The number of halogens is 2. The maximum absolute atomic E-state index is 14.0. The molecule has 0 aliphatic carbocycles. The van der Waals surface area contributed by atoms with Gasteiger partial charge in [-0.15, -0.1) is 0 Å². The molecule has 0 saturated carbocycles. The number of likely N-dealkylation sites (N-methyl/N-ethyl adjacent to an activating group) is 1. The Bertz CT molecular complexity index is 1170. The lowest BCUT2D eigenvalue weighted by Gasteiger charge is -2.21. The molecule has 0 spiro atoms. The molecule has 4 rings (SSSR count). The summed E-state index contributed by atoms with van der Waals surface area (Å²) in [6.07, 6.45) is 5.04. The first-order valence-corrected chi connectivity index (χ1v) is 8.42. The number of fused-ring (bicyclic) bond motifs is 1. The Morgan fingerprint density at radius 1 is 1.25 bits per heavy atom. The first-order chi connectivity index (χ1) is 13.5. The molecule has 0 radical (unpaired) electrons. The van der Waals surface area contributed by atoms with Gasteiger partial charge in [-0.2, -0.15) is 10.2 Å². The lowest BCUT2D eigenvalue weighted by molar-refractivity contribution is 0.479. The number of nitriles is 1. The van der Waals surface area contributed by atoms with Crippen molar-refractivity contribution in [2.24, 2.45) is 0 Å². The van der Waals surface area contributed by atoms with E-state index in [1.54, 1.807) is 11.0 Å². The van der Waals surface area contributed by atoms with Gasteiger partial charge in [0.05, 0.1) is 12.9 Å². The van der Waals surface area contributed by atoms with Crippen LogP contribution in [-0.4, -0.2) is 38.0 Å². The van der Waals surface area contributed by atoms with Crippen molar-refractivity contribution in [1.29, 1.82) is 5.26 Å². The smallest absolute Gasteiger partial charge is 0.222 e. The van der Waals surface area contributed by atoms with Crippen LogP contribution in [0, 0.1) is 23.0 Å². The molecular formula is C19H15F2N7. The van der Waals surface area contributed by atoms with Crippen molar-refractivity contribution < 1.29 is 8.78 Å². The lowest BCUT2D eigenvalue weighted by Crippen LogP contribution is -2.20. The Kier molecular flexibility index (Phi) is 4.24. The van der Waals surface area contributed by atoms with E-state index < -0.39 is 11.6 Å². The van der Waals surface area contributed by atoms with Gasteiger partial charge >= 0.3 is 0 Å². The largest absolute Gasteiger partial charge is 0.368 e. The fourth-order valence-electron chi connectivity index (χ4n) is 3.06. The molecule has 0 fully saturated rings. The molecule has 0 amide bonds. The number of imidazole rings is 1. The van der Waals surface area contributed by atoms with Crippen molar-refractivity contribution in [3.8, 4) is 6.07 Å². The zero-order valence-corrected chi connectivity index (χ0v) is 14.9. The van der Waals surface area contributed by atoms with Gasteiger partial charge in [-0.25, -0.2) is 18.7 Å². The third-order valence-corrected chi connectivity index (χ3v) is 4.55. The van der Waals surface area contributed by atoms with Gasteiger partial charge in [-0.1, -0.05) is 12.1 Å². The normalized spacial score (nSPS) is 14.0. The number of benzene rings is 1. The summed E-state index contributed by atoms with van der Waals surface area (Å²) >= 11 is 0. The number of nitrogens with zero attached hydrogens (tertiary/aromatic N) is 6. The zero-order valence-electron chi connectivity index (χ0n) is 14.9. The van der Waals surface area contributed by atoms with Crippen LogP contribution in [0.2, 0.25) is 0 Å². The van der Waals surface area contributed by atoms with Crippen molar-refractivity contribution in [2.75, 3.05) is 19.3 Å². The predicted molar refractivity (Wildman–Crippen MR) is 99.5 cm³/mol. The minimum atomic E-state index is -0.649. The number of nitrogens with two attached hydrogens (primary N) is 1. The zero-order chi connectivity index (χ0) is 19.8. The quantitative estimate of drug-likeness (QED) is 0.751. The molecule has 9 heteroatoms. The molecule has 0 bridgehead atoms. The van der Waals surface area contributed by atoms with Gasteiger partial charge in [0.1, 0.15) is 34.6 Å². The van der Waals surface area contributed by atoms with Crippen molar-refractivity contribution in [3.63, 3.8) is 0 Å². The van der Waals surface area contributed by atoms with Crippen LogP contribution in [0.15, 0.2) is 42.4 Å². The summed E-state index contributed by atoms with van der Waals surface area (Å²) in [6.45, 7) is 0.438. The number of hydrogen-bond acceptors (Lipinski definition) is 6. The highest BCUT2D eigenvalue weighted by atomic mass is 19.1. The van der Waals surface area contributed by atoms with E-state index in [2.05, 4.69) is 21.0 Å². The summed E-state index contributed by atoms with van der Waals surface area (Å²) in [6, 6.07) is 5.84. The van der Waals surface area contributed by atoms with Gasteiger partial charge in [0, 0.05) is 24.7 Å². The van der Waals surface area contributed by atoms with E-state index in [1.807, 2.05) is 13.1 Å². The van der Waals surface area contributed by atoms with Gasteiger partial charge in [-0.05, 0) is 18.2 Å². The van der Waals surface area contributed by atoms with Gasteiger partial charge in [0.25, 0.3) is 0 Å². The Morgan fingerprint density at radius 3 is 2.71 bits per heavy atom. The Labute approximate surface area is 159 Å². The second kappa shape index (κ2) is 6.74. The first-order valence-electron chi connectivity index (χ1n) is 8.42. The molecule has 3 aromatic rings. The first kappa shape index (κ1) is 17.6. The van der Waals surface area contributed by atoms with Crippen molar-refractivity contribution >= 4 is 22.7 Å². The third kappa shape index (κ3) is 2.95. The Hall–Kier alpha value is -3.80. The lowest BCUT2D eigenvalue weighted by atomic mass is 10.1. The van der Waals surface area contributed by atoms with Crippen LogP contribution in [0.3, 0.4) is 0 Å². The number of allylic oxidation sites excluding steroid dienone is 3. The van der Waals surface area contributed by atoms with Crippen LogP contribution in [0.5, 0.6) is 0 Å². The van der Waals surface area contributed by atoms with E-state index in [0.717, 1.165) is 0 Å². The van der Waals surface area contributed by atoms with Crippen molar-refractivity contribution in [1.82, 2.24) is 24.4 Å². The summed E-state index contributed by atoms with van der Waals surface area (Å²) in [5, 5.41) is 9.28. The van der Waals surface area contributed by atoms with Crippen LogP contribution < -0.4 is 5.73 Å². The Balaban J connectivity index is 1.82. The predicted octanol–water partition coefficient (Wildman–Crippen LogP) is 2.47. The number of nitrogen functional groups attached to an aromatic ring is 1. The average Bonchev–Trinajstić information content (AvgIpc) is 3.07. The van der Waals surface area contributed by atoms with E-state index >= 15 is 0 Å². The second-order valence-corrected chi connectivity index (χ2v) is 6.36. The minimum Gasteiger partial charge on any atom is -0.368 e. The van der Waals surface area contributed by atoms with Crippen LogP contribution in [-0.2, 0) is 6.54 Å². The molecule has 0 atom stereocenters. The van der Waals surface area contributed by atoms with Crippen LogP contribution in [0.1, 0.15) is 11.3 Å². The average molecular weight is 379 g/mol. The fraction of sp³-hybridized carbons (Fsp3) is 0.158. The SMILES string of the molecule is CN1CC=C(c2nc(N)nc3c2ncn3Cc2c(F)cccc2F)C=C1C#N. The van der Waals surface area contributed by atoms with Crippen LogP contribution in [0.25, 0.3) is 16.7 Å². The molecule has 1 aliphatic rings. The maximum Gasteiger partial charge on any atom is 0.222 e. The molecule has 0 saturated heterocycles. The van der Waals surface area contributed by atoms with Crippen molar-refractivity contribution in [2.45, 2.75) is 6.54 Å². The summed E-state index contributed by atoms with van der Waals surface area (Å²) < 4.78 is 29.6. The molecule has 1 aromatic carbocycles.